The van der Waals surface area contributed by atoms with Crippen molar-refractivity contribution in [1.82, 2.24) is 4.90 Å². The number of ketones is 1. The van der Waals surface area contributed by atoms with E-state index >= 15 is 0 Å². The van der Waals surface area contributed by atoms with Crippen LogP contribution < -0.4 is 4.90 Å². The van der Waals surface area contributed by atoms with Gasteiger partial charge in [0.15, 0.2) is 0 Å². The van der Waals surface area contributed by atoms with Crippen molar-refractivity contribution in [2.24, 2.45) is 0 Å². The van der Waals surface area contributed by atoms with Gasteiger partial charge in [0.2, 0.25) is 0 Å². The van der Waals surface area contributed by atoms with E-state index in [1.165, 1.54) is 5.56 Å². The van der Waals surface area contributed by atoms with E-state index in [0.717, 1.165) is 6.54 Å². The summed E-state index contributed by atoms with van der Waals surface area (Å²) in [5, 5.41) is 0. The number of carbonyl (C=O) groups excluding carboxylic acids is 2. The molecule has 1 amide bonds. The molecule has 1 aliphatic rings. The van der Waals surface area contributed by atoms with Gasteiger partial charge in [0.25, 0.3) is 5.78 Å². The summed E-state index contributed by atoms with van der Waals surface area (Å²) in [7, 11) is 1.97. The molecule has 3 rings (SSSR count). The molecule has 1 heterocycles. The van der Waals surface area contributed by atoms with Crippen molar-refractivity contribution in [3.05, 3.63) is 65.7 Å². The molecule has 1 aliphatic heterocycles. The van der Waals surface area contributed by atoms with Crippen molar-refractivity contribution in [1.29, 1.82) is 0 Å². The number of anilines is 1. The average molecular weight is 308 g/mol. The van der Waals surface area contributed by atoms with Crippen LogP contribution in [0, 0.1) is 0 Å². The molecule has 4 heteroatoms. The van der Waals surface area contributed by atoms with Gasteiger partial charge in [0.1, 0.15) is 0 Å². The molecule has 0 radical (unpaired) electrons. The van der Waals surface area contributed by atoms with Crippen LogP contribution in [0.5, 0.6) is 0 Å². The average Bonchev–Trinajstić information content (AvgIpc) is 2.81. The normalized spacial score (nSPS) is 15.2. The van der Waals surface area contributed by atoms with Crippen molar-refractivity contribution >= 4 is 17.4 Å². The molecule has 118 valence electrons. The number of Topliss-reactive ketones (excluding diaryl/α,β-unsaturated/α-hetero) is 1. The van der Waals surface area contributed by atoms with E-state index < -0.39 is 11.7 Å². The predicted octanol–water partition coefficient (Wildman–Crippen LogP) is 2.91. The van der Waals surface area contributed by atoms with Crippen LogP contribution in [0.2, 0.25) is 0 Å². The molecule has 0 bridgehead atoms. The fraction of sp³-hybridized carbons (Fsp3) is 0.263. The number of para-hydroxylation sites is 1. The standard InChI is InChI=1S/C19H20N2O2/c1-14(15-8-4-3-5-9-15)12-20(2)13-21-17-11-7-6-10-16(17)18(22)19(21)23/h3-11,14H,12-13H2,1-2H3. The van der Waals surface area contributed by atoms with Gasteiger partial charge in [0.05, 0.1) is 17.9 Å². The molecule has 2 aromatic rings. The zero-order chi connectivity index (χ0) is 16.4. The van der Waals surface area contributed by atoms with E-state index in [-0.39, 0.29) is 0 Å². The summed E-state index contributed by atoms with van der Waals surface area (Å²) in [5.41, 5.74) is 2.48. The Hall–Kier alpha value is -2.46. The monoisotopic (exact) mass is 308 g/mol. The van der Waals surface area contributed by atoms with Crippen LogP contribution in [-0.4, -0.2) is 36.9 Å². The molecule has 23 heavy (non-hydrogen) atoms. The maximum Gasteiger partial charge on any atom is 0.300 e. The lowest BCUT2D eigenvalue weighted by molar-refractivity contribution is -0.114. The minimum absolute atomic E-state index is 0.352. The fourth-order valence-electron chi connectivity index (χ4n) is 3.04. The molecule has 0 fully saturated rings. The van der Waals surface area contributed by atoms with Gasteiger partial charge in [-0.3, -0.25) is 19.4 Å². The molecule has 0 saturated carbocycles. The van der Waals surface area contributed by atoms with Gasteiger partial charge in [-0.15, -0.1) is 0 Å². The summed E-state index contributed by atoms with van der Waals surface area (Å²) in [6, 6.07) is 17.5. The van der Waals surface area contributed by atoms with Gasteiger partial charge in [-0.2, -0.15) is 0 Å². The summed E-state index contributed by atoms with van der Waals surface area (Å²) in [5.74, 6) is -0.500. The number of hydrogen-bond acceptors (Lipinski definition) is 3. The highest BCUT2D eigenvalue weighted by molar-refractivity contribution is 6.52. The summed E-state index contributed by atoms with van der Waals surface area (Å²) in [6.45, 7) is 3.39. The van der Waals surface area contributed by atoms with Gasteiger partial charge >= 0.3 is 5.91 Å². The summed E-state index contributed by atoms with van der Waals surface area (Å²) < 4.78 is 0. The molecule has 1 unspecified atom stereocenters. The van der Waals surface area contributed by atoms with Crippen LogP contribution in [-0.2, 0) is 4.79 Å². The Bertz CT molecular complexity index is 727. The third-order valence-electron chi connectivity index (χ3n) is 4.22. The van der Waals surface area contributed by atoms with Gasteiger partial charge in [0, 0.05) is 6.54 Å². The topological polar surface area (TPSA) is 40.6 Å². The molecule has 0 aliphatic carbocycles. The van der Waals surface area contributed by atoms with E-state index in [1.54, 1.807) is 17.0 Å². The van der Waals surface area contributed by atoms with Crippen LogP contribution in [0.3, 0.4) is 0 Å². The van der Waals surface area contributed by atoms with Gasteiger partial charge in [-0.25, -0.2) is 0 Å². The molecule has 0 spiro atoms. The molecule has 0 saturated heterocycles. The minimum Gasteiger partial charge on any atom is -0.291 e. The molecule has 2 aromatic carbocycles. The Balaban J connectivity index is 1.70. The lowest BCUT2D eigenvalue weighted by Gasteiger charge is -2.26. The summed E-state index contributed by atoms with van der Waals surface area (Å²) in [4.78, 5) is 27.9. The SMILES string of the molecule is CC(CN(C)CN1C(=O)C(=O)c2ccccc21)c1ccccc1. The van der Waals surface area contributed by atoms with Crippen LogP contribution >= 0.6 is 0 Å². The van der Waals surface area contributed by atoms with Crippen molar-refractivity contribution in [2.45, 2.75) is 12.8 Å². The number of amides is 1. The van der Waals surface area contributed by atoms with Crippen LogP contribution in [0.15, 0.2) is 54.6 Å². The number of hydrogen-bond donors (Lipinski definition) is 0. The maximum atomic E-state index is 12.2. The molecule has 1 atom stereocenters. The predicted molar refractivity (Wildman–Crippen MR) is 90.6 cm³/mol. The number of likely N-dealkylation sites (N-methyl/N-ethyl adjacent to an activating group) is 1. The largest absolute Gasteiger partial charge is 0.300 e. The van der Waals surface area contributed by atoms with E-state index in [2.05, 4.69) is 24.0 Å². The van der Waals surface area contributed by atoms with E-state index in [4.69, 9.17) is 0 Å². The highest BCUT2D eigenvalue weighted by Crippen LogP contribution is 2.28. The Morgan fingerprint density at radius 2 is 1.65 bits per heavy atom. The highest BCUT2D eigenvalue weighted by Gasteiger charge is 2.35. The zero-order valence-corrected chi connectivity index (χ0v) is 13.4. The highest BCUT2D eigenvalue weighted by atomic mass is 16.2. The van der Waals surface area contributed by atoms with Crippen molar-refractivity contribution in [3.8, 4) is 0 Å². The van der Waals surface area contributed by atoms with Crippen molar-refractivity contribution in [3.63, 3.8) is 0 Å². The quantitative estimate of drug-likeness (QED) is 0.798. The third kappa shape index (κ3) is 3.03. The fourth-order valence-corrected chi connectivity index (χ4v) is 3.04. The number of carbonyl (C=O) groups is 2. The Morgan fingerprint density at radius 1 is 1.00 bits per heavy atom. The second-order valence-corrected chi connectivity index (χ2v) is 6.07. The second-order valence-electron chi connectivity index (χ2n) is 6.07. The van der Waals surface area contributed by atoms with E-state index in [9.17, 15) is 9.59 Å². The van der Waals surface area contributed by atoms with E-state index in [0.29, 0.717) is 23.8 Å². The first-order valence-corrected chi connectivity index (χ1v) is 7.76. The van der Waals surface area contributed by atoms with Gasteiger partial charge < -0.3 is 0 Å². The smallest absolute Gasteiger partial charge is 0.291 e. The summed E-state index contributed by atoms with van der Waals surface area (Å²) in [6.07, 6.45) is 0. The summed E-state index contributed by atoms with van der Waals surface area (Å²) >= 11 is 0. The molecule has 4 nitrogen and oxygen atoms in total. The van der Waals surface area contributed by atoms with E-state index in [1.807, 2.05) is 37.4 Å². The lowest BCUT2D eigenvalue weighted by Crippen LogP contribution is -2.40. The minimum atomic E-state index is -0.439. The maximum absolute atomic E-state index is 12.2. The molecule has 0 N–H and O–H groups in total. The van der Waals surface area contributed by atoms with Crippen molar-refractivity contribution < 1.29 is 9.59 Å². The lowest BCUT2D eigenvalue weighted by atomic mass is 10.0. The Labute approximate surface area is 136 Å². The van der Waals surface area contributed by atoms with Crippen LogP contribution in [0.1, 0.15) is 28.8 Å². The Kier molecular flexibility index (Phi) is 4.26. The first kappa shape index (κ1) is 15.4. The first-order valence-electron chi connectivity index (χ1n) is 7.76. The molecular formula is C19H20N2O2. The number of benzene rings is 2. The van der Waals surface area contributed by atoms with Gasteiger partial charge in [-0.05, 0) is 30.7 Å². The molecular weight excluding hydrogens is 288 g/mol. The zero-order valence-electron chi connectivity index (χ0n) is 13.4. The second kappa shape index (κ2) is 6.34. The number of rotatable bonds is 5. The number of nitrogens with zero attached hydrogens (tertiary/aromatic N) is 2. The van der Waals surface area contributed by atoms with Gasteiger partial charge in [-0.1, -0.05) is 49.4 Å². The number of fused-ring (bicyclic) bond motifs is 1. The third-order valence-corrected chi connectivity index (χ3v) is 4.22. The van der Waals surface area contributed by atoms with Crippen molar-refractivity contribution in [2.75, 3.05) is 25.2 Å². The van der Waals surface area contributed by atoms with Crippen LogP contribution in [0.4, 0.5) is 5.69 Å². The van der Waals surface area contributed by atoms with Crippen LogP contribution in [0.25, 0.3) is 0 Å². The molecule has 0 aromatic heterocycles. The first-order chi connectivity index (χ1) is 11.1. The Morgan fingerprint density at radius 3 is 2.39 bits per heavy atom.